The summed E-state index contributed by atoms with van der Waals surface area (Å²) in [5.41, 5.74) is 4.96. The van der Waals surface area contributed by atoms with Gasteiger partial charge in [0, 0.05) is 23.5 Å². The van der Waals surface area contributed by atoms with E-state index < -0.39 is 8.80 Å². The van der Waals surface area contributed by atoms with E-state index in [1.165, 1.54) is 22.3 Å². The van der Waals surface area contributed by atoms with Gasteiger partial charge in [0.15, 0.2) is 0 Å². The molecule has 0 amide bonds. The Hall–Kier alpha value is -0.683. The van der Waals surface area contributed by atoms with E-state index in [9.17, 15) is 0 Å². The maximum Gasteiger partial charge on any atom is 0.538 e. The Morgan fingerprint density at radius 3 is 1.22 bits per heavy atom. The van der Waals surface area contributed by atoms with Crippen LogP contribution in [0.3, 0.4) is 0 Å². The summed E-state index contributed by atoms with van der Waals surface area (Å²) in [6, 6.07) is 2.23. The zero-order valence-corrected chi connectivity index (χ0v) is 17.5. The quantitative estimate of drug-likeness (QED) is 0.692. The molecule has 0 aliphatic rings. The minimum Gasteiger partial charge on any atom is -0.367 e. The molecule has 0 fully saturated rings. The fraction of sp³-hybridized carbons (Fsp3) is 0.684. The van der Waals surface area contributed by atoms with Crippen molar-refractivity contribution < 1.29 is 13.3 Å². The van der Waals surface area contributed by atoms with E-state index in [1.54, 1.807) is 0 Å². The van der Waals surface area contributed by atoms with E-state index in [4.69, 9.17) is 13.3 Å². The first-order valence-electron chi connectivity index (χ1n) is 8.61. The highest BCUT2D eigenvalue weighted by atomic mass is 28.4. The highest BCUT2D eigenvalue weighted by molar-refractivity contribution is 6.76. The number of aryl methyl sites for hydroxylation is 2. The molecular formula is C19H34O3Si. The summed E-state index contributed by atoms with van der Waals surface area (Å²) in [5.74, 6) is 0. The molecule has 0 saturated carbocycles. The van der Waals surface area contributed by atoms with Gasteiger partial charge >= 0.3 is 8.80 Å². The first-order valence-corrected chi connectivity index (χ1v) is 10.3. The van der Waals surface area contributed by atoms with Crippen molar-refractivity contribution in [2.24, 2.45) is 0 Å². The second kappa shape index (κ2) is 7.93. The van der Waals surface area contributed by atoms with E-state index in [1.807, 2.05) is 41.5 Å². The first-order chi connectivity index (χ1) is 10.5. The standard InChI is InChI=1S/C19H34O3Si/c1-12(2)20-23(21-13(3)4,22-14(5)6)19-17(9)15(7)11-16(8)18(19)10/h11-14H,1-10H3. The Morgan fingerprint density at radius 1 is 0.652 bits per heavy atom. The molecule has 1 aromatic carbocycles. The highest BCUT2D eigenvalue weighted by Gasteiger charge is 2.49. The number of hydrogen-bond acceptors (Lipinski definition) is 3. The molecular weight excluding hydrogens is 304 g/mol. The molecule has 0 heterocycles. The third-order valence-corrected chi connectivity index (χ3v) is 7.55. The van der Waals surface area contributed by atoms with E-state index in [2.05, 4.69) is 33.8 Å². The first kappa shape index (κ1) is 20.4. The van der Waals surface area contributed by atoms with E-state index in [0.717, 1.165) is 5.19 Å². The van der Waals surface area contributed by atoms with Gasteiger partial charge in [0.1, 0.15) is 0 Å². The molecule has 1 rings (SSSR count). The molecule has 0 bridgehead atoms. The monoisotopic (exact) mass is 338 g/mol. The van der Waals surface area contributed by atoms with Gasteiger partial charge in [0.25, 0.3) is 0 Å². The second-order valence-electron chi connectivity index (χ2n) is 7.19. The summed E-state index contributed by atoms with van der Waals surface area (Å²) in [6.45, 7) is 20.8. The minimum atomic E-state index is -3.01. The fourth-order valence-electron chi connectivity index (χ4n) is 2.87. The van der Waals surface area contributed by atoms with Crippen molar-refractivity contribution in [2.75, 3.05) is 0 Å². The molecule has 0 atom stereocenters. The number of hydrogen-bond donors (Lipinski definition) is 0. The summed E-state index contributed by atoms with van der Waals surface area (Å²) in [4.78, 5) is 0. The van der Waals surface area contributed by atoms with Crippen molar-refractivity contribution in [3.05, 3.63) is 28.3 Å². The van der Waals surface area contributed by atoms with Gasteiger partial charge in [0.2, 0.25) is 0 Å². The van der Waals surface area contributed by atoms with Crippen LogP contribution in [0.1, 0.15) is 63.8 Å². The van der Waals surface area contributed by atoms with Gasteiger partial charge in [-0.25, -0.2) is 0 Å². The molecule has 0 aliphatic heterocycles. The SMILES string of the molecule is Cc1cc(C)c(C)c([Si](OC(C)C)(OC(C)C)OC(C)C)c1C. The van der Waals surface area contributed by atoms with Crippen LogP contribution in [0.25, 0.3) is 0 Å². The summed E-state index contributed by atoms with van der Waals surface area (Å²) in [5, 5.41) is 1.14. The molecule has 132 valence electrons. The Kier molecular flexibility index (Phi) is 7.02. The van der Waals surface area contributed by atoms with Crippen LogP contribution in [0.4, 0.5) is 0 Å². The fourth-order valence-corrected chi connectivity index (χ4v) is 6.56. The van der Waals surface area contributed by atoms with Crippen molar-refractivity contribution in [3.8, 4) is 0 Å². The normalized spacial score (nSPS) is 12.7. The molecule has 0 N–H and O–H groups in total. The lowest BCUT2D eigenvalue weighted by molar-refractivity contribution is 0.0151. The summed E-state index contributed by atoms with van der Waals surface area (Å²) >= 11 is 0. The largest absolute Gasteiger partial charge is 0.538 e. The highest BCUT2D eigenvalue weighted by Crippen LogP contribution is 2.24. The van der Waals surface area contributed by atoms with Gasteiger partial charge in [-0.05, 0) is 91.5 Å². The zero-order chi connectivity index (χ0) is 17.9. The van der Waals surface area contributed by atoms with Crippen molar-refractivity contribution in [2.45, 2.75) is 87.5 Å². The van der Waals surface area contributed by atoms with Gasteiger partial charge in [0.05, 0.1) is 0 Å². The molecule has 0 spiro atoms. The molecule has 0 unspecified atom stereocenters. The maximum absolute atomic E-state index is 6.41. The Morgan fingerprint density at radius 2 is 0.957 bits per heavy atom. The second-order valence-corrected chi connectivity index (χ2v) is 9.51. The Labute approximate surface area is 143 Å². The van der Waals surface area contributed by atoms with Crippen LogP contribution in [0.5, 0.6) is 0 Å². The molecule has 23 heavy (non-hydrogen) atoms. The van der Waals surface area contributed by atoms with E-state index in [0.29, 0.717) is 0 Å². The Bertz CT molecular complexity index is 483. The van der Waals surface area contributed by atoms with Crippen molar-refractivity contribution >= 4 is 14.0 Å². The molecule has 0 aliphatic carbocycles. The van der Waals surface area contributed by atoms with Crippen molar-refractivity contribution in [1.29, 1.82) is 0 Å². The summed E-state index contributed by atoms with van der Waals surface area (Å²) < 4.78 is 19.2. The lowest BCUT2D eigenvalue weighted by Gasteiger charge is -2.37. The smallest absolute Gasteiger partial charge is 0.367 e. The molecule has 0 radical (unpaired) electrons. The minimum absolute atomic E-state index is 0.0405. The van der Waals surface area contributed by atoms with Crippen LogP contribution in [-0.2, 0) is 13.3 Å². The van der Waals surface area contributed by atoms with Crippen LogP contribution in [0.2, 0.25) is 0 Å². The number of benzene rings is 1. The lowest BCUT2D eigenvalue weighted by Crippen LogP contribution is -2.62. The average molecular weight is 339 g/mol. The van der Waals surface area contributed by atoms with Gasteiger partial charge in [-0.3, -0.25) is 0 Å². The van der Waals surface area contributed by atoms with Crippen LogP contribution < -0.4 is 5.19 Å². The van der Waals surface area contributed by atoms with Gasteiger partial charge in [-0.1, -0.05) is 6.07 Å². The predicted octanol–water partition coefficient (Wildman–Crippen LogP) is 4.34. The van der Waals surface area contributed by atoms with E-state index in [-0.39, 0.29) is 18.3 Å². The van der Waals surface area contributed by atoms with Crippen molar-refractivity contribution in [1.82, 2.24) is 0 Å². The topological polar surface area (TPSA) is 27.7 Å². The third-order valence-electron chi connectivity index (χ3n) is 3.84. The average Bonchev–Trinajstić information content (AvgIpc) is 2.33. The van der Waals surface area contributed by atoms with Crippen LogP contribution in [0, 0.1) is 27.7 Å². The summed E-state index contributed by atoms with van der Waals surface area (Å²) in [6.07, 6.45) is 0.122. The molecule has 1 aromatic rings. The van der Waals surface area contributed by atoms with Crippen LogP contribution in [-0.4, -0.2) is 27.1 Å². The van der Waals surface area contributed by atoms with Gasteiger partial charge in [-0.15, -0.1) is 0 Å². The predicted molar refractivity (Wildman–Crippen MR) is 99.4 cm³/mol. The Balaban J connectivity index is 3.67. The van der Waals surface area contributed by atoms with Crippen LogP contribution >= 0.6 is 0 Å². The van der Waals surface area contributed by atoms with Gasteiger partial charge in [-0.2, -0.15) is 0 Å². The van der Waals surface area contributed by atoms with Crippen LogP contribution in [0.15, 0.2) is 6.07 Å². The van der Waals surface area contributed by atoms with Gasteiger partial charge < -0.3 is 13.3 Å². The molecule has 0 saturated heterocycles. The molecule has 3 nitrogen and oxygen atoms in total. The maximum atomic E-state index is 6.41. The van der Waals surface area contributed by atoms with Crippen molar-refractivity contribution in [3.63, 3.8) is 0 Å². The summed E-state index contributed by atoms with van der Waals surface area (Å²) in [7, 11) is -3.01. The third kappa shape index (κ3) is 4.89. The molecule has 4 heteroatoms. The lowest BCUT2D eigenvalue weighted by atomic mass is 10.0. The molecule has 0 aromatic heterocycles. The van der Waals surface area contributed by atoms with E-state index >= 15 is 0 Å². The zero-order valence-electron chi connectivity index (χ0n) is 16.5. The number of rotatable bonds is 7.